The van der Waals surface area contributed by atoms with Crippen LogP contribution in [0.5, 0.6) is 23.0 Å². The highest BCUT2D eigenvalue weighted by molar-refractivity contribution is 6.00. The molecule has 3 aromatic rings. The van der Waals surface area contributed by atoms with Crippen LogP contribution in [0.1, 0.15) is 37.4 Å². The lowest BCUT2D eigenvalue weighted by Gasteiger charge is -2.37. The topological polar surface area (TPSA) is 118 Å². The zero-order chi connectivity index (χ0) is 23.4. The Morgan fingerprint density at radius 1 is 0.971 bits per heavy atom. The van der Waals surface area contributed by atoms with E-state index in [4.69, 9.17) is 14.3 Å². The number of rotatable bonds is 2. The molecule has 0 bridgehead atoms. The van der Waals surface area contributed by atoms with Crippen LogP contribution < -0.4 is 10.1 Å². The molecule has 0 radical (unpaired) electrons. The number of esters is 1. The summed E-state index contributed by atoms with van der Waals surface area (Å²) in [5.41, 5.74) is 0.0504. The standard InChI is InChI=1S/C25H20N2O7/c28-14-5-6-19-20(12-14)32-21-13-15(29)11-17(24(31)34-27-9-7-26-8-10-27)22(21)25(19)18-4-2-1-3-16(18)23(30)33-25/h1-6,11-13,26,28-29H,7-10H2. The molecule has 3 N–H and O–H groups in total. The number of hydrogen-bond acceptors (Lipinski definition) is 9. The number of nitrogens with zero attached hydrogens (tertiary/aromatic N) is 1. The number of nitrogens with one attached hydrogen (secondary N) is 1. The number of hydrogen-bond donors (Lipinski definition) is 3. The number of phenols is 2. The van der Waals surface area contributed by atoms with E-state index in [0.717, 1.165) is 0 Å². The zero-order valence-corrected chi connectivity index (χ0v) is 17.9. The van der Waals surface area contributed by atoms with Gasteiger partial charge in [-0.05, 0) is 24.3 Å². The van der Waals surface area contributed by atoms with Crippen LogP contribution in [0.15, 0.2) is 54.6 Å². The Morgan fingerprint density at radius 2 is 1.74 bits per heavy atom. The maximum atomic E-state index is 13.4. The monoisotopic (exact) mass is 460 g/mol. The first-order chi connectivity index (χ1) is 16.5. The van der Waals surface area contributed by atoms with Gasteiger partial charge in [-0.3, -0.25) is 0 Å². The molecule has 1 spiro atoms. The van der Waals surface area contributed by atoms with Gasteiger partial charge in [0.2, 0.25) is 0 Å². The third kappa shape index (κ3) is 2.94. The number of aromatic hydroxyl groups is 2. The van der Waals surface area contributed by atoms with Gasteiger partial charge in [-0.15, -0.1) is 5.06 Å². The minimum atomic E-state index is -1.53. The number of benzene rings is 3. The first-order valence-corrected chi connectivity index (χ1v) is 10.9. The van der Waals surface area contributed by atoms with Crippen molar-refractivity contribution >= 4 is 11.9 Å². The van der Waals surface area contributed by atoms with Crippen molar-refractivity contribution in [3.8, 4) is 23.0 Å². The van der Waals surface area contributed by atoms with Crippen molar-refractivity contribution in [2.45, 2.75) is 5.60 Å². The molecule has 3 aromatic carbocycles. The van der Waals surface area contributed by atoms with E-state index >= 15 is 0 Å². The first kappa shape index (κ1) is 20.5. The van der Waals surface area contributed by atoms with Gasteiger partial charge in [0.05, 0.1) is 16.7 Å². The molecular weight excluding hydrogens is 440 g/mol. The van der Waals surface area contributed by atoms with Crippen LogP contribution in [0.25, 0.3) is 0 Å². The fraction of sp³-hybridized carbons (Fsp3) is 0.200. The summed E-state index contributed by atoms with van der Waals surface area (Å²) in [7, 11) is 0. The van der Waals surface area contributed by atoms with E-state index in [1.54, 1.807) is 35.4 Å². The molecule has 9 heteroatoms. The van der Waals surface area contributed by atoms with Crippen LogP contribution in [0.2, 0.25) is 0 Å². The van der Waals surface area contributed by atoms with Gasteiger partial charge in [0.15, 0.2) is 5.60 Å². The van der Waals surface area contributed by atoms with Gasteiger partial charge < -0.3 is 29.8 Å². The molecule has 0 aliphatic carbocycles. The SMILES string of the molecule is O=C1OC2(c3ccc(O)cc3Oc3cc(O)cc(C(=O)ON4CCNCC4)c32)c2ccccc21. The van der Waals surface area contributed by atoms with Gasteiger partial charge in [0.1, 0.15) is 23.0 Å². The Labute approximate surface area is 194 Å². The number of phenolic OH excluding ortho intramolecular Hbond substituents is 2. The van der Waals surface area contributed by atoms with Crippen LogP contribution in [0.4, 0.5) is 0 Å². The summed E-state index contributed by atoms with van der Waals surface area (Å²) in [6.45, 7) is 2.35. The summed E-state index contributed by atoms with van der Waals surface area (Å²) in [6, 6.07) is 14.0. The predicted octanol–water partition coefficient (Wildman–Crippen LogP) is 2.64. The third-order valence-electron chi connectivity index (χ3n) is 6.28. The molecule has 1 saturated heterocycles. The number of hydroxylamine groups is 2. The number of carbonyl (C=O) groups is 2. The lowest BCUT2D eigenvalue weighted by Crippen LogP contribution is -2.44. The Kier molecular flexibility index (Phi) is 4.51. The van der Waals surface area contributed by atoms with Crippen molar-refractivity contribution < 1.29 is 34.1 Å². The lowest BCUT2D eigenvalue weighted by molar-refractivity contribution is -0.115. The van der Waals surface area contributed by atoms with Gasteiger partial charge in [-0.2, -0.15) is 0 Å². The first-order valence-electron chi connectivity index (χ1n) is 10.9. The van der Waals surface area contributed by atoms with Crippen LogP contribution >= 0.6 is 0 Å². The smallest absolute Gasteiger partial charge is 0.357 e. The molecule has 172 valence electrons. The second-order valence-corrected chi connectivity index (χ2v) is 8.32. The molecule has 6 rings (SSSR count). The molecule has 9 nitrogen and oxygen atoms in total. The Bertz CT molecular complexity index is 1350. The van der Waals surface area contributed by atoms with E-state index in [1.165, 1.54) is 24.3 Å². The van der Waals surface area contributed by atoms with Crippen LogP contribution in [-0.2, 0) is 15.2 Å². The predicted molar refractivity (Wildman–Crippen MR) is 118 cm³/mol. The van der Waals surface area contributed by atoms with Crippen molar-refractivity contribution in [1.29, 1.82) is 0 Å². The van der Waals surface area contributed by atoms with Gasteiger partial charge in [-0.25, -0.2) is 9.59 Å². The molecule has 0 aromatic heterocycles. The molecule has 0 amide bonds. The maximum absolute atomic E-state index is 13.4. The highest BCUT2D eigenvalue weighted by Crippen LogP contribution is 2.58. The fourth-order valence-corrected chi connectivity index (χ4v) is 4.85. The number of ether oxygens (including phenoxy) is 2. The normalized spacial score (nSPS) is 20.6. The Hall–Kier alpha value is -4.08. The molecule has 3 aliphatic rings. The second-order valence-electron chi connectivity index (χ2n) is 8.32. The molecule has 3 heterocycles. The Balaban J connectivity index is 1.60. The largest absolute Gasteiger partial charge is 0.508 e. The fourth-order valence-electron chi connectivity index (χ4n) is 4.85. The lowest BCUT2D eigenvalue weighted by atomic mass is 9.75. The molecule has 34 heavy (non-hydrogen) atoms. The highest BCUT2D eigenvalue weighted by Gasteiger charge is 2.55. The van der Waals surface area contributed by atoms with Crippen molar-refractivity contribution in [2.75, 3.05) is 26.2 Å². The van der Waals surface area contributed by atoms with E-state index in [-0.39, 0.29) is 34.1 Å². The van der Waals surface area contributed by atoms with E-state index in [1.807, 2.05) is 0 Å². The quantitative estimate of drug-likeness (QED) is 0.496. The number of fused-ring (bicyclic) bond motifs is 6. The summed E-state index contributed by atoms with van der Waals surface area (Å²) in [5.74, 6) is -1.17. The van der Waals surface area contributed by atoms with E-state index in [0.29, 0.717) is 42.9 Å². The summed E-state index contributed by atoms with van der Waals surface area (Å²) < 4.78 is 12.1. The summed E-state index contributed by atoms with van der Waals surface area (Å²) >= 11 is 0. The highest BCUT2D eigenvalue weighted by atomic mass is 16.7. The van der Waals surface area contributed by atoms with Gasteiger partial charge in [0.25, 0.3) is 0 Å². The van der Waals surface area contributed by atoms with E-state index < -0.39 is 17.5 Å². The van der Waals surface area contributed by atoms with Crippen molar-refractivity contribution in [3.63, 3.8) is 0 Å². The minimum Gasteiger partial charge on any atom is -0.508 e. The van der Waals surface area contributed by atoms with Crippen molar-refractivity contribution in [3.05, 3.63) is 82.4 Å². The molecule has 1 atom stereocenters. The third-order valence-corrected chi connectivity index (χ3v) is 6.28. The molecule has 1 unspecified atom stereocenters. The van der Waals surface area contributed by atoms with Crippen LogP contribution in [0.3, 0.4) is 0 Å². The molecular formula is C25H20N2O7. The summed E-state index contributed by atoms with van der Waals surface area (Å²) in [5, 5.41) is 25.2. The van der Waals surface area contributed by atoms with Crippen LogP contribution in [-0.4, -0.2) is 53.4 Å². The van der Waals surface area contributed by atoms with Gasteiger partial charge in [0, 0.05) is 49.4 Å². The van der Waals surface area contributed by atoms with Gasteiger partial charge in [-0.1, -0.05) is 18.2 Å². The van der Waals surface area contributed by atoms with Gasteiger partial charge >= 0.3 is 11.9 Å². The number of piperazine rings is 1. The summed E-state index contributed by atoms with van der Waals surface area (Å²) in [4.78, 5) is 32.0. The maximum Gasteiger partial charge on any atom is 0.357 e. The van der Waals surface area contributed by atoms with E-state index in [2.05, 4.69) is 5.32 Å². The summed E-state index contributed by atoms with van der Waals surface area (Å²) in [6.07, 6.45) is 0. The molecule has 1 fully saturated rings. The molecule has 0 saturated carbocycles. The van der Waals surface area contributed by atoms with E-state index in [9.17, 15) is 19.8 Å². The number of carbonyl (C=O) groups excluding carboxylic acids is 2. The van der Waals surface area contributed by atoms with Crippen molar-refractivity contribution in [2.24, 2.45) is 0 Å². The van der Waals surface area contributed by atoms with Crippen LogP contribution in [0, 0.1) is 0 Å². The van der Waals surface area contributed by atoms with Crippen molar-refractivity contribution in [1.82, 2.24) is 10.4 Å². The molecule has 3 aliphatic heterocycles. The zero-order valence-electron chi connectivity index (χ0n) is 17.9. The average molecular weight is 460 g/mol. The Morgan fingerprint density at radius 3 is 2.56 bits per heavy atom. The second kappa shape index (κ2) is 7.47. The average Bonchev–Trinajstić information content (AvgIpc) is 3.12. The minimum absolute atomic E-state index is 0.0109.